The summed E-state index contributed by atoms with van der Waals surface area (Å²) in [4.78, 5) is 57.9. The topological polar surface area (TPSA) is 81.2 Å². The van der Waals surface area contributed by atoms with E-state index in [2.05, 4.69) is 9.80 Å². The molecule has 4 atom stereocenters. The van der Waals surface area contributed by atoms with Crippen LogP contribution in [0.4, 0.5) is 0 Å². The highest BCUT2D eigenvalue weighted by atomic mass is 35.5. The number of carbonyl (C=O) groups is 4. The number of carbonyl (C=O) groups excluding carboxylic acids is 4. The van der Waals surface area contributed by atoms with Crippen LogP contribution in [0.1, 0.15) is 25.7 Å². The van der Waals surface area contributed by atoms with Crippen molar-refractivity contribution in [3.05, 3.63) is 22.2 Å². The van der Waals surface area contributed by atoms with Crippen LogP contribution in [0.3, 0.4) is 0 Å². The Hall–Kier alpha value is -1.74. The molecule has 0 unspecified atom stereocenters. The van der Waals surface area contributed by atoms with E-state index in [-0.39, 0.29) is 60.6 Å². The van der Waals surface area contributed by atoms with Gasteiger partial charge in [0.25, 0.3) is 0 Å². The van der Waals surface area contributed by atoms with Crippen LogP contribution in [0.25, 0.3) is 0 Å². The molecule has 0 aromatic heterocycles. The molecule has 5 aliphatic rings. The first kappa shape index (κ1) is 22.1. The van der Waals surface area contributed by atoms with Crippen molar-refractivity contribution in [3.8, 4) is 0 Å². The van der Waals surface area contributed by atoms with E-state index in [1.807, 2.05) is 12.2 Å². The zero-order valence-electron chi connectivity index (χ0n) is 17.7. The van der Waals surface area contributed by atoms with E-state index in [9.17, 15) is 19.2 Å². The van der Waals surface area contributed by atoms with Crippen LogP contribution in [-0.2, 0) is 19.2 Å². The molecule has 0 spiro atoms. The molecule has 3 saturated heterocycles. The highest BCUT2D eigenvalue weighted by molar-refractivity contribution is 6.30. The van der Waals surface area contributed by atoms with E-state index >= 15 is 0 Å². The minimum atomic E-state index is -0.333. The molecule has 3 fully saturated rings. The van der Waals surface area contributed by atoms with Crippen LogP contribution in [-0.4, -0.2) is 82.7 Å². The second-order valence-corrected chi connectivity index (χ2v) is 10.3. The average molecular weight is 481 g/mol. The van der Waals surface area contributed by atoms with Crippen molar-refractivity contribution in [1.82, 2.24) is 19.6 Å². The number of hydrogen-bond acceptors (Lipinski definition) is 6. The van der Waals surface area contributed by atoms with Crippen molar-refractivity contribution in [1.29, 1.82) is 0 Å². The quantitative estimate of drug-likeness (QED) is 0.567. The van der Waals surface area contributed by atoms with Gasteiger partial charge in [0.15, 0.2) is 0 Å². The number of amides is 4. The van der Waals surface area contributed by atoms with Crippen molar-refractivity contribution in [2.24, 2.45) is 23.7 Å². The van der Waals surface area contributed by atoms with Gasteiger partial charge in [-0.25, -0.2) is 0 Å². The molecule has 172 valence electrons. The predicted molar refractivity (Wildman–Crippen MR) is 117 cm³/mol. The summed E-state index contributed by atoms with van der Waals surface area (Å²) in [6.07, 6.45) is 5.63. The lowest BCUT2D eigenvalue weighted by Gasteiger charge is -2.37. The second kappa shape index (κ2) is 8.56. The molecule has 0 aromatic rings. The van der Waals surface area contributed by atoms with Crippen LogP contribution in [0.2, 0.25) is 0 Å². The van der Waals surface area contributed by atoms with Gasteiger partial charge in [0, 0.05) is 36.2 Å². The Morgan fingerprint density at radius 1 is 0.625 bits per heavy atom. The van der Waals surface area contributed by atoms with Gasteiger partial charge in [-0.3, -0.25) is 38.8 Å². The summed E-state index contributed by atoms with van der Waals surface area (Å²) in [5.74, 6) is -1.71. The standard InChI is InChI=1S/C22H26Cl2N4O4/c23-13-1-3-15-17(9-13)21(31)27(19(15)29)11-25-5-7-26(8-6-25)12-28-20(30)16-4-2-14(24)10-18(16)22(28)32/h1-2,15-18H,3-12H2/t15-,16+,17-,18+. The number of rotatable bonds is 4. The SMILES string of the molecule is O=C1[C@H]2CC=C(Cl)C[C@@H]2C(=O)N1CN1CCN(CN2C(=O)[C@@H]3CC=C(Cl)C[C@H]3C2=O)CC1. The normalized spacial score (nSPS) is 34.1. The lowest BCUT2D eigenvalue weighted by atomic mass is 9.85. The van der Waals surface area contributed by atoms with Crippen molar-refractivity contribution < 1.29 is 19.2 Å². The van der Waals surface area contributed by atoms with Gasteiger partial charge in [-0.05, 0) is 25.7 Å². The van der Waals surface area contributed by atoms with Crippen LogP contribution in [0.5, 0.6) is 0 Å². The number of allylic oxidation sites excluding steroid dienone is 4. The van der Waals surface area contributed by atoms with Gasteiger partial charge < -0.3 is 0 Å². The number of nitrogens with zero attached hydrogens (tertiary/aromatic N) is 4. The van der Waals surface area contributed by atoms with Gasteiger partial charge in [0.2, 0.25) is 23.6 Å². The van der Waals surface area contributed by atoms with Crippen molar-refractivity contribution in [2.75, 3.05) is 39.5 Å². The van der Waals surface area contributed by atoms with Crippen LogP contribution < -0.4 is 0 Å². The largest absolute Gasteiger partial charge is 0.283 e. The Bertz CT molecular complexity index is 853. The average Bonchev–Trinajstić information content (AvgIpc) is 3.15. The van der Waals surface area contributed by atoms with Gasteiger partial charge in [0.05, 0.1) is 37.0 Å². The van der Waals surface area contributed by atoms with E-state index < -0.39 is 0 Å². The third-order valence-corrected chi connectivity index (χ3v) is 8.09. The molecular formula is C22H26Cl2N4O4. The molecule has 0 bridgehead atoms. The smallest absolute Gasteiger partial charge is 0.234 e. The molecular weight excluding hydrogens is 455 g/mol. The zero-order chi connectivity index (χ0) is 22.6. The first-order chi connectivity index (χ1) is 15.3. The van der Waals surface area contributed by atoms with Crippen molar-refractivity contribution in [3.63, 3.8) is 0 Å². The highest BCUT2D eigenvalue weighted by Crippen LogP contribution is 2.40. The van der Waals surface area contributed by atoms with Gasteiger partial charge in [-0.2, -0.15) is 0 Å². The number of piperazine rings is 1. The fourth-order valence-electron chi connectivity index (χ4n) is 5.54. The maximum atomic E-state index is 12.8. The molecule has 8 nitrogen and oxygen atoms in total. The summed E-state index contributed by atoms with van der Waals surface area (Å²) < 4.78 is 0. The van der Waals surface area contributed by atoms with E-state index in [0.717, 1.165) is 0 Å². The summed E-state index contributed by atoms with van der Waals surface area (Å²) in [6, 6.07) is 0. The van der Waals surface area contributed by atoms with E-state index in [1.165, 1.54) is 9.80 Å². The van der Waals surface area contributed by atoms with Crippen molar-refractivity contribution >= 4 is 46.8 Å². The minimum Gasteiger partial charge on any atom is -0.283 e. The number of hydrogen-bond donors (Lipinski definition) is 0. The second-order valence-electron chi connectivity index (χ2n) is 9.34. The third-order valence-electron chi connectivity index (χ3n) is 7.47. The Morgan fingerprint density at radius 3 is 1.34 bits per heavy atom. The molecule has 5 rings (SSSR count). The Labute approximate surface area is 196 Å². The Morgan fingerprint density at radius 2 is 0.969 bits per heavy atom. The Kier molecular flexibility index (Phi) is 5.90. The summed E-state index contributed by atoms with van der Waals surface area (Å²) in [6.45, 7) is 3.19. The molecule has 3 aliphatic heterocycles. The van der Waals surface area contributed by atoms with E-state index in [4.69, 9.17) is 23.2 Å². The number of fused-ring (bicyclic) bond motifs is 2. The molecule has 2 aliphatic carbocycles. The van der Waals surface area contributed by atoms with Gasteiger partial charge in [-0.1, -0.05) is 35.4 Å². The van der Waals surface area contributed by atoms with Crippen molar-refractivity contribution in [2.45, 2.75) is 25.7 Å². The van der Waals surface area contributed by atoms with Gasteiger partial charge in [-0.15, -0.1) is 0 Å². The van der Waals surface area contributed by atoms with Crippen LogP contribution in [0.15, 0.2) is 22.2 Å². The number of halogens is 2. The van der Waals surface area contributed by atoms with Crippen LogP contribution >= 0.6 is 23.2 Å². The first-order valence-electron chi connectivity index (χ1n) is 11.2. The first-order valence-corrected chi connectivity index (χ1v) is 11.9. The lowest BCUT2D eigenvalue weighted by molar-refractivity contribution is -0.146. The molecule has 0 aromatic carbocycles. The maximum absolute atomic E-state index is 12.8. The molecule has 4 amide bonds. The fraction of sp³-hybridized carbons (Fsp3) is 0.636. The molecule has 32 heavy (non-hydrogen) atoms. The van der Waals surface area contributed by atoms with E-state index in [0.29, 0.717) is 61.9 Å². The van der Waals surface area contributed by atoms with E-state index in [1.54, 1.807) is 0 Å². The zero-order valence-corrected chi connectivity index (χ0v) is 19.2. The minimum absolute atomic E-state index is 0.106. The molecule has 0 saturated carbocycles. The van der Waals surface area contributed by atoms with Gasteiger partial charge in [0.1, 0.15) is 0 Å². The molecule has 0 N–H and O–H groups in total. The highest BCUT2D eigenvalue weighted by Gasteiger charge is 2.50. The molecule has 10 heteroatoms. The number of likely N-dealkylation sites (tertiary alicyclic amines) is 2. The predicted octanol–water partition coefficient (Wildman–Crippen LogP) is 1.55. The summed E-state index contributed by atoms with van der Waals surface area (Å²) >= 11 is 12.2. The van der Waals surface area contributed by atoms with Crippen LogP contribution in [0, 0.1) is 23.7 Å². The van der Waals surface area contributed by atoms with Gasteiger partial charge >= 0.3 is 0 Å². The molecule has 0 radical (unpaired) electrons. The Balaban J connectivity index is 1.14. The molecule has 3 heterocycles. The summed E-state index contributed by atoms with van der Waals surface area (Å²) in [5, 5.41) is 1.32. The fourth-order valence-corrected chi connectivity index (χ4v) is 6.05. The summed E-state index contributed by atoms with van der Waals surface area (Å²) in [7, 11) is 0. The third kappa shape index (κ3) is 3.81. The lowest BCUT2D eigenvalue weighted by Crippen LogP contribution is -2.54. The monoisotopic (exact) mass is 480 g/mol. The maximum Gasteiger partial charge on any atom is 0.234 e. The summed E-state index contributed by atoms with van der Waals surface area (Å²) in [5.41, 5.74) is 0. The number of imide groups is 2.